The first-order valence-corrected chi connectivity index (χ1v) is 12.4. The Labute approximate surface area is 210 Å². The largest absolute Gasteiger partial charge is 0.481 e. The summed E-state index contributed by atoms with van der Waals surface area (Å²) in [4.78, 5) is 25.1. The van der Waals surface area contributed by atoms with Crippen molar-refractivity contribution in [1.82, 2.24) is 4.90 Å². The molecule has 0 radical (unpaired) electrons. The van der Waals surface area contributed by atoms with Gasteiger partial charge in [-0.3, -0.25) is 14.5 Å². The van der Waals surface area contributed by atoms with Crippen molar-refractivity contribution >= 4 is 17.6 Å². The maximum absolute atomic E-state index is 12.2. The second-order valence-corrected chi connectivity index (χ2v) is 9.47. The monoisotopic (exact) mass is 498 g/mol. The van der Waals surface area contributed by atoms with Crippen molar-refractivity contribution < 1.29 is 34.4 Å². The van der Waals surface area contributed by atoms with Crippen LogP contribution in [0.4, 0.5) is 5.69 Å². The predicted octanol–water partition coefficient (Wildman–Crippen LogP) is 2.98. The van der Waals surface area contributed by atoms with Gasteiger partial charge in [0.25, 0.3) is 0 Å². The minimum Gasteiger partial charge on any atom is -0.481 e. The number of rotatable bonds is 10. The van der Waals surface area contributed by atoms with Gasteiger partial charge in [-0.25, -0.2) is 0 Å². The molecule has 2 aliphatic heterocycles. The van der Waals surface area contributed by atoms with E-state index in [2.05, 4.69) is 10.2 Å². The maximum Gasteiger partial charge on any atom is 0.303 e. The molecule has 9 nitrogen and oxygen atoms in total. The molecule has 2 heterocycles. The Kier molecular flexibility index (Phi) is 9.06. The number of aliphatic hydroxyl groups is 2. The maximum atomic E-state index is 12.2. The third-order valence-electron chi connectivity index (χ3n) is 6.56. The van der Waals surface area contributed by atoms with E-state index in [0.717, 1.165) is 29.7 Å². The lowest BCUT2D eigenvalue weighted by Crippen LogP contribution is -2.38. The molecule has 0 aliphatic carbocycles. The SMILES string of the molecule is O=C(O)CCCC(=O)Nc1cccc([C@@H]2O[C@H](CN3CC[C@H](O)C3)C[C@H](c3ccc(CO)cc3)O2)c1. The molecule has 0 bridgehead atoms. The minimum absolute atomic E-state index is 0.0216. The molecule has 9 heteroatoms. The molecule has 0 saturated carbocycles. The van der Waals surface area contributed by atoms with Crippen LogP contribution in [-0.4, -0.2) is 63.9 Å². The summed E-state index contributed by atoms with van der Waals surface area (Å²) in [7, 11) is 0. The van der Waals surface area contributed by atoms with Crippen molar-refractivity contribution in [3.05, 3.63) is 65.2 Å². The smallest absolute Gasteiger partial charge is 0.303 e. The number of hydrogen-bond acceptors (Lipinski definition) is 7. The molecular formula is C27H34N2O7. The lowest BCUT2D eigenvalue weighted by Gasteiger charge is -2.38. The van der Waals surface area contributed by atoms with Gasteiger partial charge in [-0.2, -0.15) is 0 Å². The van der Waals surface area contributed by atoms with Gasteiger partial charge in [0.2, 0.25) is 5.91 Å². The normalized spacial score (nSPS) is 24.5. The summed E-state index contributed by atoms with van der Waals surface area (Å²) >= 11 is 0. The summed E-state index contributed by atoms with van der Waals surface area (Å²) in [6.07, 6.45) is 0.471. The molecule has 4 atom stereocenters. The molecular weight excluding hydrogens is 464 g/mol. The average Bonchev–Trinajstić information content (AvgIpc) is 3.28. The van der Waals surface area contributed by atoms with Crippen LogP contribution < -0.4 is 5.32 Å². The van der Waals surface area contributed by atoms with Gasteiger partial charge >= 0.3 is 5.97 Å². The number of carbonyl (C=O) groups excluding carboxylic acids is 1. The van der Waals surface area contributed by atoms with Gasteiger partial charge in [0.05, 0.1) is 24.9 Å². The predicted molar refractivity (Wildman–Crippen MR) is 132 cm³/mol. The minimum atomic E-state index is -0.921. The molecule has 36 heavy (non-hydrogen) atoms. The Hall–Kier alpha value is -2.82. The summed E-state index contributed by atoms with van der Waals surface area (Å²) in [5.41, 5.74) is 3.18. The third-order valence-corrected chi connectivity index (χ3v) is 6.56. The van der Waals surface area contributed by atoms with Crippen LogP contribution >= 0.6 is 0 Å². The van der Waals surface area contributed by atoms with Crippen LogP contribution in [0.5, 0.6) is 0 Å². The third kappa shape index (κ3) is 7.35. The molecule has 1 amide bonds. The first kappa shape index (κ1) is 26.2. The number of carboxylic acids is 1. The number of nitrogens with zero attached hydrogens (tertiary/aromatic N) is 1. The number of ether oxygens (including phenoxy) is 2. The molecule has 0 unspecified atom stereocenters. The highest BCUT2D eigenvalue weighted by molar-refractivity contribution is 5.90. The Morgan fingerprint density at radius 1 is 1.06 bits per heavy atom. The number of amides is 1. The number of carboxylic acid groups (broad SMARTS) is 1. The summed E-state index contributed by atoms with van der Waals surface area (Å²) in [5, 5.41) is 30.9. The number of nitrogens with one attached hydrogen (secondary N) is 1. The van der Waals surface area contributed by atoms with E-state index in [0.29, 0.717) is 25.2 Å². The highest BCUT2D eigenvalue weighted by Gasteiger charge is 2.34. The van der Waals surface area contributed by atoms with E-state index in [4.69, 9.17) is 14.6 Å². The average molecular weight is 499 g/mol. The van der Waals surface area contributed by atoms with E-state index in [-0.39, 0.29) is 50.1 Å². The summed E-state index contributed by atoms with van der Waals surface area (Å²) in [6.45, 7) is 2.12. The Balaban J connectivity index is 1.47. The summed E-state index contributed by atoms with van der Waals surface area (Å²) in [6, 6.07) is 15.0. The van der Waals surface area contributed by atoms with Gasteiger partial charge in [0, 0.05) is 50.1 Å². The first-order valence-electron chi connectivity index (χ1n) is 12.4. The molecule has 0 aromatic heterocycles. The number of anilines is 1. The van der Waals surface area contributed by atoms with Crippen LogP contribution in [0.1, 0.15) is 61.2 Å². The zero-order valence-corrected chi connectivity index (χ0v) is 20.2. The highest BCUT2D eigenvalue weighted by Crippen LogP contribution is 2.39. The molecule has 0 spiro atoms. The number of aliphatic carboxylic acids is 1. The van der Waals surface area contributed by atoms with Crippen molar-refractivity contribution in [1.29, 1.82) is 0 Å². The molecule has 2 saturated heterocycles. The van der Waals surface area contributed by atoms with E-state index in [1.54, 1.807) is 6.07 Å². The fraction of sp³-hybridized carbons (Fsp3) is 0.481. The number of carbonyl (C=O) groups is 2. The van der Waals surface area contributed by atoms with Gasteiger partial charge in [-0.15, -0.1) is 0 Å². The standard InChI is InChI=1S/C27H34N2O7/c30-17-18-7-9-19(10-8-18)24-14-23(16-29-12-11-22(31)15-29)35-27(36-24)20-3-1-4-21(13-20)28-25(32)5-2-6-26(33)34/h1,3-4,7-10,13,22-24,27,30-31H,2,5-6,11-12,14-17H2,(H,28,32)(H,33,34)/t22-,23-,24+,27+/m0/s1. The quantitative estimate of drug-likeness (QED) is 0.394. The van der Waals surface area contributed by atoms with Gasteiger partial charge < -0.3 is 30.1 Å². The van der Waals surface area contributed by atoms with E-state index >= 15 is 0 Å². The molecule has 2 aromatic rings. The molecule has 2 fully saturated rings. The van der Waals surface area contributed by atoms with Crippen LogP contribution in [0.15, 0.2) is 48.5 Å². The lowest BCUT2D eigenvalue weighted by atomic mass is 9.99. The number of β-amino-alcohol motifs (C(OH)–C–C–N with tert-alkyl or cyclic N) is 1. The van der Waals surface area contributed by atoms with E-state index in [1.165, 1.54) is 0 Å². The van der Waals surface area contributed by atoms with Crippen LogP contribution in [-0.2, 0) is 25.7 Å². The highest BCUT2D eigenvalue weighted by atomic mass is 16.7. The Morgan fingerprint density at radius 3 is 2.56 bits per heavy atom. The van der Waals surface area contributed by atoms with Crippen LogP contribution in [0, 0.1) is 0 Å². The van der Waals surface area contributed by atoms with Gasteiger partial charge in [-0.1, -0.05) is 36.4 Å². The molecule has 2 aliphatic rings. The number of benzene rings is 2. The zero-order valence-electron chi connectivity index (χ0n) is 20.2. The topological polar surface area (TPSA) is 129 Å². The Bertz CT molecular complexity index is 1030. The van der Waals surface area contributed by atoms with Crippen molar-refractivity contribution in [2.45, 2.75) is 63.3 Å². The van der Waals surface area contributed by atoms with Crippen molar-refractivity contribution in [2.24, 2.45) is 0 Å². The van der Waals surface area contributed by atoms with Gasteiger partial charge in [0.1, 0.15) is 0 Å². The van der Waals surface area contributed by atoms with E-state index in [1.807, 2.05) is 42.5 Å². The van der Waals surface area contributed by atoms with Crippen molar-refractivity contribution in [3.8, 4) is 0 Å². The van der Waals surface area contributed by atoms with Crippen LogP contribution in [0.25, 0.3) is 0 Å². The molecule has 4 rings (SSSR count). The number of hydrogen-bond donors (Lipinski definition) is 4. The lowest BCUT2D eigenvalue weighted by molar-refractivity contribution is -0.252. The second kappa shape index (κ2) is 12.4. The second-order valence-electron chi connectivity index (χ2n) is 9.47. The molecule has 4 N–H and O–H groups in total. The van der Waals surface area contributed by atoms with Crippen LogP contribution in [0.3, 0.4) is 0 Å². The fourth-order valence-corrected chi connectivity index (χ4v) is 4.69. The zero-order chi connectivity index (χ0) is 25.5. The van der Waals surface area contributed by atoms with Gasteiger partial charge in [0.15, 0.2) is 6.29 Å². The Morgan fingerprint density at radius 2 is 1.86 bits per heavy atom. The van der Waals surface area contributed by atoms with Crippen molar-refractivity contribution in [3.63, 3.8) is 0 Å². The van der Waals surface area contributed by atoms with Gasteiger partial charge in [-0.05, 0) is 36.1 Å². The van der Waals surface area contributed by atoms with E-state index in [9.17, 15) is 19.8 Å². The van der Waals surface area contributed by atoms with Crippen molar-refractivity contribution in [2.75, 3.05) is 25.0 Å². The fourth-order valence-electron chi connectivity index (χ4n) is 4.69. The molecule has 194 valence electrons. The molecule has 2 aromatic carbocycles. The first-order chi connectivity index (χ1) is 17.4. The number of aliphatic hydroxyl groups excluding tert-OH is 2. The number of likely N-dealkylation sites (tertiary alicyclic amines) is 1. The summed E-state index contributed by atoms with van der Waals surface area (Å²) in [5.74, 6) is -1.17. The summed E-state index contributed by atoms with van der Waals surface area (Å²) < 4.78 is 12.7. The van der Waals surface area contributed by atoms with E-state index < -0.39 is 12.3 Å². The van der Waals surface area contributed by atoms with Crippen LogP contribution in [0.2, 0.25) is 0 Å².